The van der Waals surface area contributed by atoms with E-state index in [0.29, 0.717) is 18.9 Å². The van der Waals surface area contributed by atoms with Crippen LogP contribution in [0.5, 0.6) is 0 Å². The minimum Gasteiger partial charge on any atom is -0.345 e. The third-order valence-corrected chi connectivity index (χ3v) is 6.44. The standard InChI is InChI=1S/C23H30N4O2S/c1-3-14-27-22(19-12-8-5-9-13-19)25-26-23(27)30-16-21(29)24-20(17(2)28)15-18-10-6-4-7-11-18/h3-4,6-7,10-11,19-20H,1,5,8-9,12-16H2,2H3,(H,24,29). The molecule has 1 fully saturated rings. The van der Waals surface area contributed by atoms with Gasteiger partial charge in [-0.2, -0.15) is 0 Å². The SMILES string of the molecule is C=CCn1c(SCC(=O)NC(Cc2ccccc2)C(C)=O)nnc1C1CCCCC1. The van der Waals surface area contributed by atoms with Crippen molar-refractivity contribution >= 4 is 23.5 Å². The van der Waals surface area contributed by atoms with Gasteiger partial charge in [0.05, 0.1) is 11.8 Å². The minimum atomic E-state index is -0.524. The van der Waals surface area contributed by atoms with Crippen LogP contribution in [0.25, 0.3) is 0 Å². The summed E-state index contributed by atoms with van der Waals surface area (Å²) in [6.07, 6.45) is 8.35. The Morgan fingerprint density at radius 1 is 1.23 bits per heavy atom. The van der Waals surface area contributed by atoms with Crippen LogP contribution in [-0.2, 0) is 22.6 Å². The molecule has 1 atom stereocenters. The Morgan fingerprint density at radius 2 is 1.97 bits per heavy atom. The van der Waals surface area contributed by atoms with Crippen LogP contribution >= 0.6 is 11.8 Å². The second kappa shape index (κ2) is 11.1. The molecule has 1 N–H and O–H groups in total. The van der Waals surface area contributed by atoms with Gasteiger partial charge in [0.15, 0.2) is 10.9 Å². The van der Waals surface area contributed by atoms with Crippen molar-refractivity contribution in [3.05, 3.63) is 54.4 Å². The maximum absolute atomic E-state index is 12.5. The molecule has 1 unspecified atom stereocenters. The van der Waals surface area contributed by atoms with E-state index in [0.717, 1.165) is 29.4 Å². The highest BCUT2D eigenvalue weighted by Gasteiger charge is 2.24. The number of hydrogen-bond acceptors (Lipinski definition) is 5. The largest absolute Gasteiger partial charge is 0.345 e. The Kier molecular flexibility index (Phi) is 8.25. The molecule has 6 nitrogen and oxygen atoms in total. The van der Waals surface area contributed by atoms with Crippen molar-refractivity contribution in [3.8, 4) is 0 Å². The lowest BCUT2D eigenvalue weighted by Gasteiger charge is -2.21. The molecule has 7 heteroatoms. The Hall–Kier alpha value is -2.41. The van der Waals surface area contributed by atoms with E-state index in [1.54, 1.807) is 0 Å². The molecule has 1 aromatic carbocycles. The van der Waals surface area contributed by atoms with E-state index in [4.69, 9.17) is 0 Å². The molecule has 3 rings (SSSR count). The molecule has 1 aromatic heterocycles. The lowest BCUT2D eigenvalue weighted by Crippen LogP contribution is -2.42. The zero-order valence-corrected chi connectivity index (χ0v) is 18.4. The summed E-state index contributed by atoms with van der Waals surface area (Å²) in [5, 5.41) is 12.4. The molecule has 0 saturated heterocycles. The lowest BCUT2D eigenvalue weighted by molar-refractivity contribution is -0.125. The number of nitrogens with one attached hydrogen (secondary N) is 1. The molecule has 1 saturated carbocycles. The number of thioether (sulfide) groups is 1. The zero-order chi connectivity index (χ0) is 21.3. The van der Waals surface area contributed by atoms with E-state index < -0.39 is 6.04 Å². The van der Waals surface area contributed by atoms with Gasteiger partial charge >= 0.3 is 0 Å². The molecule has 2 aromatic rings. The summed E-state index contributed by atoms with van der Waals surface area (Å²) in [4.78, 5) is 24.6. The van der Waals surface area contributed by atoms with Crippen LogP contribution in [0, 0.1) is 0 Å². The van der Waals surface area contributed by atoms with Gasteiger partial charge in [0, 0.05) is 12.5 Å². The van der Waals surface area contributed by atoms with E-state index in [9.17, 15) is 9.59 Å². The number of hydrogen-bond donors (Lipinski definition) is 1. The average molecular weight is 427 g/mol. The lowest BCUT2D eigenvalue weighted by atomic mass is 9.89. The highest BCUT2D eigenvalue weighted by Crippen LogP contribution is 2.33. The average Bonchev–Trinajstić information content (AvgIpc) is 3.16. The van der Waals surface area contributed by atoms with E-state index in [1.807, 2.05) is 36.4 Å². The number of benzene rings is 1. The van der Waals surface area contributed by atoms with Crippen molar-refractivity contribution in [1.29, 1.82) is 0 Å². The van der Waals surface area contributed by atoms with Gasteiger partial charge in [-0.15, -0.1) is 16.8 Å². The van der Waals surface area contributed by atoms with E-state index in [-0.39, 0.29) is 17.4 Å². The summed E-state index contributed by atoms with van der Waals surface area (Å²) in [7, 11) is 0. The predicted octanol–water partition coefficient (Wildman–Crippen LogP) is 3.92. The number of carbonyl (C=O) groups excluding carboxylic acids is 2. The molecule has 160 valence electrons. The monoisotopic (exact) mass is 426 g/mol. The highest BCUT2D eigenvalue weighted by atomic mass is 32.2. The summed E-state index contributed by atoms with van der Waals surface area (Å²) in [5.41, 5.74) is 1.02. The smallest absolute Gasteiger partial charge is 0.231 e. The van der Waals surface area contributed by atoms with Crippen molar-refractivity contribution in [2.75, 3.05) is 5.75 Å². The summed E-state index contributed by atoms with van der Waals surface area (Å²) in [6.45, 7) is 6.00. The first kappa shape index (κ1) is 22.3. The second-order valence-electron chi connectivity index (χ2n) is 7.78. The van der Waals surface area contributed by atoms with Crippen LogP contribution in [0.15, 0.2) is 48.1 Å². The Balaban J connectivity index is 1.61. The maximum atomic E-state index is 12.5. The maximum Gasteiger partial charge on any atom is 0.231 e. The minimum absolute atomic E-state index is 0.0494. The predicted molar refractivity (Wildman–Crippen MR) is 120 cm³/mol. The van der Waals surface area contributed by atoms with E-state index in [1.165, 1.54) is 37.9 Å². The van der Waals surface area contributed by atoms with Gasteiger partial charge in [0.25, 0.3) is 0 Å². The van der Waals surface area contributed by atoms with Crippen LogP contribution < -0.4 is 5.32 Å². The third kappa shape index (κ3) is 6.05. The van der Waals surface area contributed by atoms with Crippen molar-refractivity contribution in [3.63, 3.8) is 0 Å². The molecule has 30 heavy (non-hydrogen) atoms. The summed E-state index contributed by atoms with van der Waals surface area (Å²) in [5.74, 6) is 1.40. The number of amides is 1. The molecule has 0 bridgehead atoms. The molecule has 0 aliphatic heterocycles. The number of nitrogens with zero attached hydrogens (tertiary/aromatic N) is 3. The van der Waals surface area contributed by atoms with Gasteiger partial charge in [-0.25, -0.2) is 0 Å². The van der Waals surface area contributed by atoms with Gasteiger partial charge in [0.2, 0.25) is 5.91 Å². The fourth-order valence-corrected chi connectivity index (χ4v) is 4.65. The summed E-state index contributed by atoms with van der Waals surface area (Å²) in [6, 6.07) is 9.19. The molecule has 1 amide bonds. The van der Waals surface area contributed by atoms with Gasteiger partial charge in [0.1, 0.15) is 5.82 Å². The molecular formula is C23H30N4O2S. The van der Waals surface area contributed by atoms with Crippen LogP contribution in [0.4, 0.5) is 0 Å². The van der Waals surface area contributed by atoms with Crippen LogP contribution in [0.1, 0.15) is 56.3 Å². The van der Waals surface area contributed by atoms with Crippen molar-refractivity contribution in [2.45, 2.75) is 69.1 Å². The molecular weight excluding hydrogens is 396 g/mol. The first-order chi connectivity index (χ1) is 14.6. The quantitative estimate of drug-likeness (QED) is 0.460. The topological polar surface area (TPSA) is 76.9 Å². The van der Waals surface area contributed by atoms with Gasteiger partial charge < -0.3 is 9.88 Å². The molecule has 1 aliphatic rings. The van der Waals surface area contributed by atoms with Crippen molar-refractivity contribution in [1.82, 2.24) is 20.1 Å². The van der Waals surface area contributed by atoms with E-state index >= 15 is 0 Å². The Morgan fingerprint density at radius 3 is 2.63 bits per heavy atom. The van der Waals surface area contributed by atoms with Gasteiger partial charge in [-0.3, -0.25) is 9.59 Å². The van der Waals surface area contributed by atoms with Gasteiger partial charge in [-0.05, 0) is 31.7 Å². The molecule has 0 spiro atoms. The van der Waals surface area contributed by atoms with Gasteiger partial charge in [-0.1, -0.05) is 67.4 Å². The first-order valence-corrected chi connectivity index (χ1v) is 11.6. The molecule has 1 aliphatic carbocycles. The Labute approximate surface area is 182 Å². The number of Topliss-reactive ketones (excluding diaryl/α,β-unsaturated/α-hetero) is 1. The zero-order valence-electron chi connectivity index (χ0n) is 17.5. The normalized spacial score (nSPS) is 15.5. The van der Waals surface area contributed by atoms with Crippen LogP contribution in [-0.4, -0.2) is 38.2 Å². The first-order valence-electron chi connectivity index (χ1n) is 10.6. The number of rotatable bonds is 10. The third-order valence-electron chi connectivity index (χ3n) is 5.47. The molecule has 0 radical (unpaired) electrons. The summed E-state index contributed by atoms with van der Waals surface area (Å²) < 4.78 is 2.08. The summed E-state index contributed by atoms with van der Waals surface area (Å²) >= 11 is 1.36. The fourth-order valence-electron chi connectivity index (χ4n) is 3.88. The number of carbonyl (C=O) groups is 2. The number of ketones is 1. The van der Waals surface area contributed by atoms with Crippen LogP contribution in [0.2, 0.25) is 0 Å². The van der Waals surface area contributed by atoms with E-state index in [2.05, 4.69) is 26.7 Å². The number of aromatic nitrogens is 3. The van der Waals surface area contributed by atoms with Crippen molar-refractivity contribution in [2.24, 2.45) is 0 Å². The highest BCUT2D eigenvalue weighted by molar-refractivity contribution is 7.99. The van der Waals surface area contributed by atoms with Crippen molar-refractivity contribution < 1.29 is 9.59 Å². The number of allylic oxidation sites excluding steroid dienone is 1. The fraction of sp³-hybridized carbons (Fsp3) is 0.478. The Bertz CT molecular complexity index is 859. The second-order valence-corrected chi connectivity index (χ2v) is 8.73. The molecule has 1 heterocycles. The van der Waals surface area contributed by atoms with Crippen LogP contribution in [0.3, 0.4) is 0 Å².